The molecule has 3 atom stereocenters. The Morgan fingerprint density at radius 1 is 1.30 bits per heavy atom. The zero-order chi connectivity index (χ0) is 13.7. The summed E-state index contributed by atoms with van der Waals surface area (Å²) in [6.07, 6.45) is 7.96. The predicted molar refractivity (Wildman–Crippen MR) is 81.1 cm³/mol. The second-order valence-electron chi connectivity index (χ2n) is 7.00. The van der Waals surface area contributed by atoms with E-state index < -0.39 is 0 Å². The molecule has 2 aliphatic carbocycles. The summed E-state index contributed by atoms with van der Waals surface area (Å²) in [5.74, 6) is 1.28. The second kappa shape index (κ2) is 4.49. The third-order valence-corrected chi connectivity index (χ3v) is 6.34. The van der Waals surface area contributed by atoms with Crippen molar-refractivity contribution < 1.29 is 5.11 Å². The van der Waals surface area contributed by atoms with Crippen molar-refractivity contribution in [2.45, 2.75) is 56.9 Å². The van der Waals surface area contributed by atoms with Gasteiger partial charge in [-0.1, -0.05) is 25.8 Å². The average molecular weight is 271 g/mol. The summed E-state index contributed by atoms with van der Waals surface area (Å²) in [5.41, 5.74) is 3.37. The molecule has 20 heavy (non-hydrogen) atoms. The van der Waals surface area contributed by atoms with Gasteiger partial charge in [0.05, 0.1) is 0 Å². The highest BCUT2D eigenvalue weighted by Gasteiger charge is 2.53. The first-order valence-corrected chi connectivity index (χ1v) is 8.31. The molecule has 108 valence electrons. The third kappa shape index (κ3) is 1.60. The molecule has 2 fully saturated rings. The first-order chi connectivity index (χ1) is 9.74. The van der Waals surface area contributed by atoms with Crippen molar-refractivity contribution in [2.75, 3.05) is 13.1 Å². The quantitative estimate of drug-likeness (QED) is 0.845. The fourth-order valence-electron chi connectivity index (χ4n) is 5.47. The lowest BCUT2D eigenvalue weighted by atomic mass is 9.52. The van der Waals surface area contributed by atoms with Crippen molar-refractivity contribution in [3.05, 3.63) is 29.3 Å². The Hall–Kier alpha value is -1.02. The monoisotopic (exact) mass is 271 g/mol. The van der Waals surface area contributed by atoms with Gasteiger partial charge in [-0.3, -0.25) is 4.90 Å². The average Bonchev–Trinajstić information content (AvgIpc) is 2.48. The maximum atomic E-state index is 9.96. The van der Waals surface area contributed by atoms with E-state index in [-0.39, 0.29) is 0 Å². The molecule has 1 heterocycles. The number of fused-ring (bicyclic) bond motifs is 1. The first kappa shape index (κ1) is 12.7. The second-order valence-corrected chi connectivity index (χ2v) is 7.00. The Morgan fingerprint density at radius 2 is 2.20 bits per heavy atom. The Morgan fingerprint density at radius 3 is 3.05 bits per heavy atom. The molecule has 1 saturated heterocycles. The summed E-state index contributed by atoms with van der Waals surface area (Å²) in [5, 5.41) is 9.96. The van der Waals surface area contributed by atoms with E-state index in [1.165, 1.54) is 62.7 Å². The lowest BCUT2D eigenvalue weighted by Gasteiger charge is -2.59. The van der Waals surface area contributed by atoms with Crippen LogP contribution in [0, 0.1) is 5.92 Å². The van der Waals surface area contributed by atoms with E-state index in [1.807, 2.05) is 6.07 Å². The molecule has 1 aromatic carbocycles. The van der Waals surface area contributed by atoms with Crippen LogP contribution < -0.4 is 0 Å². The van der Waals surface area contributed by atoms with Crippen molar-refractivity contribution >= 4 is 0 Å². The molecule has 0 radical (unpaired) electrons. The van der Waals surface area contributed by atoms with E-state index in [2.05, 4.69) is 24.0 Å². The summed E-state index contributed by atoms with van der Waals surface area (Å²) in [7, 11) is 0. The Labute approximate surface area is 121 Å². The summed E-state index contributed by atoms with van der Waals surface area (Å²) >= 11 is 0. The number of nitrogens with zero attached hydrogens (tertiary/aromatic N) is 1. The molecule has 1 saturated carbocycles. The van der Waals surface area contributed by atoms with Crippen LogP contribution in [0.15, 0.2) is 18.2 Å². The molecule has 0 aromatic heterocycles. The number of benzene rings is 1. The molecule has 0 unspecified atom stereocenters. The van der Waals surface area contributed by atoms with Crippen LogP contribution in [-0.4, -0.2) is 29.1 Å². The van der Waals surface area contributed by atoms with Crippen LogP contribution in [0.25, 0.3) is 0 Å². The van der Waals surface area contributed by atoms with Crippen molar-refractivity contribution in [1.82, 2.24) is 4.90 Å². The van der Waals surface area contributed by atoms with E-state index in [0.29, 0.717) is 11.2 Å². The van der Waals surface area contributed by atoms with Gasteiger partial charge in [0, 0.05) is 11.5 Å². The molecule has 2 bridgehead atoms. The van der Waals surface area contributed by atoms with Gasteiger partial charge in [0.1, 0.15) is 5.75 Å². The molecule has 2 nitrogen and oxygen atoms in total. The van der Waals surface area contributed by atoms with Gasteiger partial charge < -0.3 is 5.11 Å². The van der Waals surface area contributed by atoms with Crippen LogP contribution in [-0.2, 0) is 11.8 Å². The van der Waals surface area contributed by atoms with Gasteiger partial charge >= 0.3 is 0 Å². The van der Waals surface area contributed by atoms with E-state index in [0.717, 1.165) is 12.0 Å². The zero-order valence-electron chi connectivity index (χ0n) is 12.4. The Kier molecular flexibility index (Phi) is 2.85. The van der Waals surface area contributed by atoms with Gasteiger partial charge in [-0.25, -0.2) is 0 Å². The van der Waals surface area contributed by atoms with Gasteiger partial charge in [-0.15, -0.1) is 0 Å². The van der Waals surface area contributed by atoms with Gasteiger partial charge in [-0.2, -0.15) is 0 Å². The summed E-state index contributed by atoms with van der Waals surface area (Å²) in [6.45, 7) is 4.74. The van der Waals surface area contributed by atoms with Gasteiger partial charge in [-0.05, 0) is 68.0 Å². The number of rotatable bonds is 1. The number of hydrogen-bond acceptors (Lipinski definition) is 2. The normalized spacial score (nSPS) is 36.2. The maximum absolute atomic E-state index is 9.96. The minimum absolute atomic E-state index is 0.376. The highest BCUT2D eigenvalue weighted by atomic mass is 16.3. The molecular weight excluding hydrogens is 246 g/mol. The van der Waals surface area contributed by atoms with E-state index in [1.54, 1.807) is 0 Å². The minimum atomic E-state index is 0.376. The van der Waals surface area contributed by atoms with E-state index in [9.17, 15) is 5.11 Å². The van der Waals surface area contributed by atoms with Gasteiger partial charge in [0.2, 0.25) is 0 Å². The van der Waals surface area contributed by atoms with Crippen LogP contribution in [0.2, 0.25) is 0 Å². The fraction of sp³-hybridized carbons (Fsp3) is 0.667. The molecular formula is C18H25NO. The van der Waals surface area contributed by atoms with Crippen LogP contribution in [0.4, 0.5) is 0 Å². The molecule has 1 aliphatic heterocycles. The van der Waals surface area contributed by atoms with Crippen LogP contribution in [0.5, 0.6) is 5.75 Å². The standard InChI is InChI=1S/C18H25NO/c1-2-19-10-9-18-8-4-3-5-15(18)17(19)11-13-6-7-14(20)12-16(13)18/h6-7,12,15,17,20H,2-5,8-11H2,1H3/t15-,17+,18+/m0/s1. The number of phenols is 1. The Balaban J connectivity index is 1.87. The number of aromatic hydroxyl groups is 1. The van der Waals surface area contributed by atoms with Crippen molar-refractivity contribution in [3.63, 3.8) is 0 Å². The van der Waals surface area contributed by atoms with Crippen LogP contribution in [0.3, 0.4) is 0 Å². The lowest BCUT2D eigenvalue weighted by Crippen LogP contribution is -2.60. The number of likely N-dealkylation sites (tertiary alicyclic amines) is 1. The van der Waals surface area contributed by atoms with Crippen LogP contribution >= 0.6 is 0 Å². The zero-order valence-corrected chi connectivity index (χ0v) is 12.4. The third-order valence-electron chi connectivity index (χ3n) is 6.34. The van der Waals surface area contributed by atoms with Crippen molar-refractivity contribution in [2.24, 2.45) is 5.92 Å². The number of hydrogen-bond donors (Lipinski definition) is 1. The van der Waals surface area contributed by atoms with E-state index in [4.69, 9.17) is 0 Å². The topological polar surface area (TPSA) is 23.5 Å². The summed E-state index contributed by atoms with van der Waals surface area (Å²) in [4.78, 5) is 2.71. The summed E-state index contributed by atoms with van der Waals surface area (Å²) < 4.78 is 0. The molecule has 2 heteroatoms. The molecule has 3 aliphatic rings. The highest BCUT2D eigenvalue weighted by Crippen LogP contribution is 2.56. The maximum Gasteiger partial charge on any atom is 0.115 e. The van der Waals surface area contributed by atoms with Crippen molar-refractivity contribution in [1.29, 1.82) is 0 Å². The number of phenolic OH excluding ortho intramolecular Hbond substituents is 1. The minimum Gasteiger partial charge on any atom is -0.508 e. The molecule has 4 rings (SSSR count). The predicted octanol–water partition coefficient (Wildman–Crippen LogP) is 3.47. The van der Waals surface area contributed by atoms with Crippen molar-refractivity contribution in [3.8, 4) is 5.75 Å². The first-order valence-electron chi connectivity index (χ1n) is 8.31. The van der Waals surface area contributed by atoms with E-state index >= 15 is 0 Å². The largest absolute Gasteiger partial charge is 0.508 e. The molecule has 1 aromatic rings. The summed E-state index contributed by atoms with van der Waals surface area (Å²) in [6, 6.07) is 6.89. The number of likely N-dealkylation sites (N-methyl/N-ethyl adjacent to an activating group) is 1. The highest BCUT2D eigenvalue weighted by molar-refractivity contribution is 5.45. The Bertz CT molecular complexity index is 526. The van der Waals surface area contributed by atoms with Crippen LogP contribution in [0.1, 0.15) is 50.2 Å². The molecule has 1 N–H and O–H groups in total. The van der Waals surface area contributed by atoms with Gasteiger partial charge in [0.15, 0.2) is 0 Å². The molecule has 0 spiro atoms. The smallest absolute Gasteiger partial charge is 0.115 e. The SMILES string of the molecule is CCN1CC[C@]23CCCC[C@H]2[C@H]1Cc1ccc(O)cc13. The van der Waals surface area contributed by atoms with Gasteiger partial charge in [0.25, 0.3) is 0 Å². The number of piperidine rings is 1. The fourth-order valence-corrected chi connectivity index (χ4v) is 5.47. The lowest BCUT2D eigenvalue weighted by molar-refractivity contribution is -0.00847. The molecule has 0 amide bonds.